The number of carbonyl (C=O) groups excluding carboxylic acids is 2. The molecule has 2 heterocycles. The monoisotopic (exact) mass is 355 g/mol. The van der Waals surface area contributed by atoms with Gasteiger partial charge in [0.1, 0.15) is 0 Å². The van der Waals surface area contributed by atoms with E-state index in [0.717, 1.165) is 57.2 Å². The van der Waals surface area contributed by atoms with Crippen LogP contribution in [0.15, 0.2) is 36.7 Å². The first kappa shape index (κ1) is 18.6. The molecule has 2 aliphatic rings. The van der Waals surface area contributed by atoms with Gasteiger partial charge in [0.25, 0.3) is 0 Å². The van der Waals surface area contributed by atoms with E-state index in [0.29, 0.717) is 24.8 Å². The first-order valence-corrected chi connectivity index (χ1v) is 9.82. The Kier molecular flexibility index (Phi) is 6.81. The number of piperidine rings is 1. The lowest BCUT2D eigenvalue weighted by molar-refractivity contribution is -0.137. The zero-order chi connectivity index (χ0) is 18.2. The molecule has 0 bridgehead atoms. The molecule has 1 atom stereocenters. The third-order valence-electron chi connectivity index (χ3n) is 5.54. The van der Waals surface area contributed by atoms with E-state index in [1.165, 1.54) is 0 Å². The van der Waals surface area contributed by atoms with Crippen LogP contribution in [-0.2, 0) is 16.1 Å². The summed E-state index contributed by atoms with van der Waals surface area (Å²) in [7, 11) is 0. The summed E-state index contributed by atoms with van der Waals surface area (Å²) in [6.07, 6.45) is 14.2. The fraction of sp³-hybridized carbons (Fsp3) is 0.571. The first-order valence-electron chi connectivity index (χ1n) is 9.82. The number of hydrogen-bond acceptors (Lipinski definition) is 3. The van der Waals surface area contributed by atoms with Crippen molar-refractivity contribution in [3.8, 4) is 0 Å². The van der Waals surface area contributed by atoms with Crippen molar-refractivity contribution in [2.45, 2.75) is 51.5 Å². The average molecular weight is 355 g/mol. The number of pyridine rings is 1. The Morgan fingerprint density at radius 3 is 2.73 bits per heavy atom. The maximum atomic E-state index is 12.6. The van der Waals surface area contributed by atoms with E-state index in [1.54, 1.807) is 12.4 Å². The predicted octanol–water partition coefficient (Wildman–Crippen LogP) is 3.07. The number of likely N-dealkylation sites (tertiary alicyclic amines) is 1. The molecule has 140 valence electrons. The zero-order valence-corrected chi connectivity index (χ0v) is 15.4. The van der Waals surface area contributed by atoms with Crippen molar-refractivity contribution in [1.82, 2.24) is 15.2 Å². The summed E-state index contributed by atoms with van der Waals surface area (Å²) in [5.74, 6) is 1.17. The van der Waals surface area contributed by atoms with E-state index in [9.17, 15) is 9.59 Å². The van der Waals surface area contributed by atoms with E-state index in [4.69, 9.17) is 0 Å². The van der Waals surface area contributed by atoms with Crippen molar-refractivity contribution >= 4 is 11.8 Å². The molecule has 0 saturated carbocycles. The lowest BCUT2D eigenvalue weighted by atomic mass is 9.89. The summed E-state index contributed by atoms with van der Waals surface area (Å²) in [5.41, 5.74) is 1.02. The highest BCUT2D eigenvalue weighted by atomic mass is 16.2. The van der Waals surface area contributed by atoms with Crippen LogP contribution in [0.3, 0.4) is 0 Å². The van der Waals surface area contributed by atoms with Crippen molar-refractivity contribution in [2.75, 3.05) is 13.1 Å². The zero-order valence-electron chi connectivity index (χ0n) is 15.4. The molecule has 1 saturated heterocycles. The van der Waals surface area contributed by atoms with Gasteiger partial charge in [0.2, 0.25) is 11.8 Å². The number of hydrogen-bond donors (Lipinski definition) is 1. The van der Waals surface area contributed by atoms with Gasteiger partial charge >= 0.3 is 0 Å². The fourth-order valence-electron chi connectivity index (χ4n) is 3.85. The Bertz CT molecular complexity index is 621. The van der Waals surface area contributed by atoms with E-state index >= 15 is 0 Å². The molecule has 1 aromatic heterocycles. The van der Waals surface area contributed by atoms with Gasteiger partial charge in [-0.1, -0.05) is 18.2 Å². The molecule has 26 heavy (non-hydrogen) atoms. The van der Waals surface area contributed by atoms with Gasteiger partial charge in [-0.3, -0.25) is 14.6 Å². The van der Waals surface area contributed by atoms with Crippen LogP contribution in [0.1, 0.15) is 50.5 Å². The number of aromatic nitrogens is 1. The molecule has 0 aromatic carbocycles. The Morgan fingerprint density at radius 2 is 2.04 bits per heavy atom. The lowest BCUT2D eigenvalue weighted by Crippen LogP contribution is -2.42. The lowest BCUT2D eigenvalue weighted by Gasteiger charge is -2.34. The molecule has 1 N–H and O–H groups in total. The highest BCUT2D eigenvalue weighted by molar-refractivity contribution is 5.79. The second-order valence-corrected chi connectivity index (χ2v) is 7.43. The number of nitrogens with one attached hydrogen (secondary N) is 1. The molecule has 1 aromatic rings. The number of allylic oxidation sites excluding steroid dienone is 2. The summed E-state index contributed by atoms with van der Waals surface area (Å²) >= 11 is 0. The van der Waals surface area contributed by atoms with Crippen LogP contribution in [0.25, 0.3) is 0 Å². The van der Waals surface area contributed by atoms with Gasteiger partial charge < -0.3 is 10.2 Å². The normalized spacial score (nSPS) is 20.8. The van der Waals surface area contributed by atoms with Crippen LogP contribution in [0.5, 0.6) is 0 Å². The first-order chi connectivity index (χ1) is 12.7. The molecule has 3 rings (SSSR count). The summed E-state index contributed by atoms with van der Waals surface area (Å²) in [4.78, 5) is 30.7. The van der Waals surface area contributed by atoms with Gasteiger partial charge in [0.05, 0.1) is 0 Å². The molecule has 1 aliphatic heterocycles. The van der Waals surface area contributed by atoms with E-state index < -0.39 is 0 Å². The summed E-state index contributed by atoms with van der Waals surface area (Å²) in [6, 6.07) is 3.84. The smallest absolute Gasteiger partial charge is 0.226 e. The maximum absolute atomic E-state index is 12.6. The maximum Gasteiger partial charge on any atom is 0.226 e. The quantitative estimate of drug-likeness (QED) is 0.798. The Hall–Kier alpha value is -2.17. The van der Waals surface area contributed by atoms with Crippen molar-refractivity contribution < 1.29 is 9.59 Å². The standard InChI is InChI=1S/C21H29N3O2/c25-20(23-16-18-5-4-12-22-15-18)9-8-17-10-13-24(14-11-17)21(26)19-6-2-1-3-7-19/h1-2,4-5,12,15,17,19H,3,6-11,13-14,16H2,(H,23,25). The molecule has 5 nitrogen and oxygen atoms in total. The van der Waals surface area contributed by atoms with E-state index in [1.807, 2.05) is 17.0 Å². The van der Waals surface area contributed by atoms with Crippen molar-refractivity contribution in [3.05, 3.63) is 42.2 Å². The second kappa shape index (κ2) is 9.51. The summed E-state index contributed by atoms with van der Waals surface area (Å²) in [5, 5.41) is 2.96. The van der Waals surface area contributed by atoms with Crippen LogP contribution in [0, 0.1) is 11.8 Å². The minimum Gasteiger partial charge on any atom is -0.352 e. The molecule has 0 radical (unpaired) electrons. The minimum absolute atomic E-state index is 0.0985. The van der Waals surface area contributed by atoms with Crippen LogP contribution in [0.2, 0.25) is 0 Å². The van der Waals surface area contributed by atoms with Crippen molar-refractivity contribution in [1.29, 1.82) is 0 Å². The largest absolute Gasteiger partial charge is 0.352 e. The molecule has 0 spiro atoms. The van der Waals surface area contributed by atoms with Gasteiger partial charge in [-0.25, -0.2) is 0 Å². The third-order valence-corrected chi connectivity index (χ3v) is 5.54. The molecule has 5 heteroatoms. The summed E-state index contributed by atoms with van der Waals surface area (Å²) in [6.45, 7) is 2.23. The Balaban J connectivity index is 1.33. The van der Waals surface area contributed by atoms with Crippen LogP contribution >= 0.6 is 0 Å². The van der Waals surface area contributed by atoms with E-state index in [-0.39, 0.29) is 11.8 Å². The topological polar surface area (TPSA) is 62.3 Å². The molecular weight excluding hydrogens is 326 g/mol. The molecule has 1 unspecified atom stereocenters. The number of carbonyl (C=O) groups is 2. The van der Waals surface area contributed by atoms with Crippen LogP contribution in [-0.4, -0.2) is 34.8 Å². The minimum atomic E-state index is 0.0985. The average Bonchev–Trinajstić information content (AvgIpc) is 2.72. The highest BCUT2D eigenvalue weighted by Gasteiger charge is 2.28. The molecule has 2 amide bonds. The number of amides is 2. The third kappa shape index (κ3) is 5.41. The number of rotatable bonds is 6. The Morgan fingerprint density at radius 1 is 1.19 bits per heavy atom. The van der Waals surface area contributed by atoms with Crippen LogP contribution < -0.4 is 5.32 Å². The van der Waals surface area contributed by atoms with Gasteiger partial charge in [0, 0.05) is 44.4 Å². The van der Waals surface area contributed by atoms with Gasteiger partial charge in [-0.2, -0.15) is 0 Å². The van der Waals surface area contributed by atoms with E-state index in [2.05, 4.69) is 22.5 Å². The van der Waals surface area contributed by atoms with Crippen LogP contribution in [0.4, 0.5) is 0 Å². The van der Waals surface area contributed by atoms with Gasteiger partial charge in [-0.15, -0.1) is 0 Å². The summed E-state index contributed by atoms with van der Waals surface area (Å²) < 4.78 is 0. The second-order valence-electron chi connectivity index (χ2n) is 7.43. The highest BCUT2D eigenvalue weighted by Crippen LogP contribution is 2.26. The molecular formula is C21H29N3O2. The fourth-order valence-corrected chi connectivity index (χ4v) is 3.85. The predicted molar refractivity (Wildman–Crippen MR) is 101 cm³/mol. The SMILES string of the molecule is O=C(CCC1CCN(C(=O)C2CC=CCC2)CC1)NCc1cccnc1. The van der Waals surface area contributed by atoms with Gasteiger partial charge in [0.15, 0.2) is 0 Å². The van der Waals surface area contributed by atoms with Crippen molar-refractivity contribution in [2.24, 2.45) is 11.8 Å². The molecule has 1 aliphatic carbocycles. The molecule has 1 fully saturated rings. The van der Waals surface area contributed by atoms with Gasteiger partial charge in [-0.05, 0) is 56.1 Å². The van der Waals surface area contributed by atoms with Crippen molar-refractivity contribution in [3.63, 3.8) is 0 Å². The Labute approximate surface area is 155 Å². The number of nitrogens with zero attached hydrogens (tertiary/aromatic N) is 2.